The van der Waals surface area contributed by atoms with Gasteiger partial charge in [0.25, 0.3) is 0 Å². The van der Waals surface area contributed by atoms with E-state index < -0.39 is 11.9 Å². The van der Waals surface area contributed by atoms with Crippen molar-refractivity contribution in [2.24, 2.45) is 0 Å². The predicted octanol–water partition coefficient (Wildman–Crippen LogP) is 3.34. The standard InChI is InChI=1S/C16H14ClNO3/c1-9(16(20)21)12-3-2-4-13(14(12)18)15(19)10-5-7-11(17)8-6-10/h2-9H,18H2,1H3,(H,20,21). The van der Waals surface area contributed by atoms with E-state index in [0.29, 0.717) is 21.7 Å². The number of anilines is 1. The number of ketones is 1. The number of carbonyl (C=O) groups is 2. The van der Waals surface area contributed by atoms with Crippen molar-refractivity contribution in [2.75, 3.05) is 5.73 Å². The SMILES string of the molecule is CC(C(=O)O)c1cccc(C(=O)c2ccc(Cl)cc2)c1N. The Kier molecular flexibility index (Phi) is 4.29. The van der Waals surface area contributed by atoms with E-state index in [4.69, 9.17) is 22.4 Å². The molecule has 0 spiro atoms. The number of aliphatic carboxylic acids is 1. The van der Waals surface area contributed by atoms with Gasteiger partial charge in [-0.3, -0.25) is 9.59 Å². The number of carboxylic acids is 1. The lowest BCUT2D eigenvalue weighted by Gasteiger charge is -2.13. The van der Waals surface area contributed by atoms with Gasteiger partial charge in [0.15, 0.2) is 5.78 Å². The van der Waals surface area contributed by atoms with Gasteiger partial charge in [-0.15, -0.1) is 0 Å². The Balaban J connectivity index is 2.45. The molecule has 0 aliphatic heterocycles. The summed E-state index contributed by atoms with van der Waals surface area (Å²) in [4.78, 5) is 23.5. The number of benzene rings is 2. The van der Waals surface area contributed by atoms with E-state index in [1.165, 1.54) is 6.92 Å². The molecule has 0 bridgehead atoms. The zero-order valence-electron chi connectivity index (χ0n) is 11.3. The number of carbonyl (C=O) groups excluding carboxylic acids is 1. The largest absolute Gasteiger partial charge is 0.481 e. The van der Waals surface area contributed by atoms with Gasteiger partial charge in [-0.1, -0.05) is 23.7 Å². The molecule has 0 aliphatic carbocycles. The molecule has 5 heteroatoms. The molecular formula is C16H14ClNO3. The Labute approximate surface area is 127 Å². The molecule has 0 amide bonds. The fourth-order valence-corrected chi connectivity index (χ4v) is 2.17. The van der Waals surface area contributed by atoms with Crippen molar-refractivity contribution in [3.05, 3.63) is 64.2 Å². The third kappa shape index (κ3) is 3.06. The summed E-state index contributed by atoms with van der Waals surface area (Å²) in [6, 6.07) is 11.3. The van der Waals surface area contributed by atoms with Crippen LogP contribution in [0, 0.1) is 0 Å². The molecule has 4 nitrogen and oxygen atoms in total. The Hall–Kier alpha value is -2.33. The number of para-hydroxylation sites is 1. The highest BCUT2D eigenvalue weighted by molar-refractivity contribution is 6.30. The van der Waals surface area contributed by atoms with E-state index in [1.807, 2.05) is 0 Å². The van der Waals surface area contributed by atoms with Crippen LogP contribution >= 0.6 is 11.6 Å². The van der Waals surface area contributed by atoms with Crippen molar-refractivity contribution in [1.82, 2.24) is 0 Å². The highest BCUT2D eigenvalue weighted by Crippen LogP contribution is 2.27. The molecule has 2 aromatic carbocycles. The van der Waals surface area contributed by atoms with Gasteiger partial charge in [0.1, 0.15) is 0 Å². The van der Waals surface area contributed by atoms with Crippen LogP contribution in [-0.4, -0.2) is 16.9 Å². The van der Waals surface area contributed by atoms with E-state index in [-0.39, 0.29) is 11.5 Å². The average molecular weight is 304 g/mol. The topological polar surface area (TPSA) is 80.4 Å². The van der Waals surface area contributed by atoms with Crippen LogP contribution < -0.4 is 5.73 Å². The minimum atomic E-state index is -0.988. The summed E-state index contributed by atoms with van der Waals surface area (Å²) >= 11 is 5.79. The highest BCUT2D eigenvalue weighted by atomic mass is 35.5. The van der Waals surface area contributed by atoms with Gasteiger partial charge < -0.3 is 10.8 Å². The van der Waals surface area contributed by atoms with Crippen LogP contribution in [0.3, 0.4) is 0 Å². The summed E-state index contributed by atoms with van der Waals surface area (Å²) in [5.74, 6) is -2.02. The van der Waals surface area contributed by atoms with Crippen molar-refractivity contribution < 1.29 is 14.7 Å². The smallest absolute Gasteiger partial charge is 0.310 e. The molecule has 0 fully saturated rings. The van der Waals surface area contributed by atoms with Crippen LogP contribution in [0.2, 0.25) is 5.02 Å². The fraction of sp³-hybridized carbons (Fsp3) is 0.125. The maximum atomic E-state index is 12.5. The molecule has 0 aliphatic rings. The van der Waals surface area contributed by atoms with Gasteiger partial charge >= 0.3 is 5.97 Å². The lowest BCUT2D eigenvalue weighted by molar-refractivity contribution is -0.138. The molecule has 1 unspecified atom stereocenters. The summed E-state index contributed by atoms with van der Waals surface area (Å²) in [6.45, 7) is 1.53. The van der Waals surface area contributed by atoms with Crippen molar-refractivity contribution in [2.45, 2.75) is 12.8 Å². The van der Waals surface area contributed by atoms with Gasteiger partial charge in [0, 0.05) is 21.8 Å². The molecule has 0 heterocycles. The van der Waals surface area contributed by atoms with Crippen molar-refractivity contribution in [1.29, 1.82) is 0 Å². The maximum Gasteiger partial charge on any atom is 0.310 e. The number of hydrogen-bond acceptors (Lipinski definition) is 3. The summed E-state index contributed by atoms with van der Waals surface area (Å²) in [5, 5.41) is 9.62. The van der Waals surface area contributed by atoms with Crippen LogP contribution in [0.5, 0.6) is 0 Å². The third-order valence-electron chi connectivity index (χ3n) is 3.33. The number of nitrogens with two attached hydrogens (primary N) is 1. The lowest BCUT2D eigenvalue weighted by atomic mass is 9.93. The molecular weight excluding hydrogens is 290 g/mol. The molecule has 0 aromatic heterocycles. The predicted molar refractivity (Wildman–Crippen MR) is 81.8 cm³/mol. The summed E-state index contributed by atoms with van der Waals surface area (Å²) < 4.78 is 0. The number of rotatable bonds is 4. The van der Waals surface area contributed by atoms with Gasteiger partial charge in [-0.05, 0) is 42.8 Å². The Bertz CT molecular complexity index is 695. The van der Waals surface area contributed by atoms with E-state index in [0.717, 1.165) is 0 Å². The first-order valence-electron chi connectivity index (χ1n) is 6.33. The minimum absolute atomic E-state index is 0.201. The zero-order valence-corrected chi connectivity index (χ0v) is 12.1. The van der Waals surface area contributed by atoms with E-state index in [1.54, 1.807) is 42.5 Å². The van der Waals surface area contributed by atoms with Crippen molar-refractivity contribution >= 4 is 29.0 Å². The number of carboxylic acid groups (broad SMARTS) is 1. The Morgan fingerprint density at radius 1 is 1.14 bits per heavy atom. The van der Waals surface area contributed by atoms with Gasteiger partial charge in [0.2, 0.25) is 0 Å². The van der Waals surface area contributed by atoms with Crippen LogP contribution in [-0.2, 0) is 4.79 Å². The fourth-order valence-electron chi connectivity index (χ4n) is 2.05. The molecule has 2 aromatic rings. The van der Waals surface area contributed by atoms with Crippen LogP contribution in [0.4, 0.5) is 5.69 Å². The van der Waals surface area contributed by atoms with Gasteiger partial charge in [0.05, 0.1) is 5.92 Å². The number of hydrogen-bond donors (Lipinski definition) is 2. The summed E-state index contributed by atoms with van der Waals surface area (Å²) in [6.07, 6.45) is 0. The second kappa shape index (κ2) is 5.97. The highest BCUT2D eigenvalue weighted by Gasteiger charge is 2.21. The van der Waals surface area contributed by atoms with E-state index in [9.17, 15) is 9.59 Å². The molecule has 1 atom stereocenters. The van der Waals surface area contributed by atoms with Crippen LogP contribution in [0.1, 0.15) is 34.3 Å². The Morgan fingerprint density at radius 3 is 2.33 bits per heavy atom. The molecule has 108 valence electrons. The third-order valence-corrected chi connectivity index (χ3v) is 3.58. The zero-order chi connectivity index (χ0) is 15.6. The maximum absolute atomic E-state index is 12.5. The molecule has 0 saturated heterocycles. The first kappa shape index (κ1) is 15.1. The number of halogens is 1. The van der Waals surface area contributed by atoms with Crippen LogP contribution in [0.25, 0.3) is 0 Å². The first-order chi connectivity index (χ1) is 9.91. The van der Waals surface area contributed by atoms with E-state index in [2.05, 4.69) is 0 Å². The van der Waals surface area contributed by atoms with Crippen molar-refractivity contribution in [3.63, 3.8) is 0 Å². The average Bonchev–Trinajstić information content (AvgIpc) is 2.47. The second-order valence-corrected chi connectivity index (χ2v) is 5.14. The second-order valence-electron chi connectivity index (χ2n) is 4.70. The molecule has 0 saturated carbocycles. The molecule has 21 heavy (non-hydrogen) atoms. The number of nitrogen functional groups attached to an aromatic ring is 1. The molecule has 2 rings (SSSR count). The monoisotopic (exact) mass is 303 g/mol. The molecule has 0 radical (unpaired) electrons. The van der Waals surface area contributed by atoms with E-state index >= 15 is 0 Å². The van der Waals surface area contributed by atoms with Crippen molar-refractivity contribution in [3.8, 4) is 0 Å². The molecule has 3 N–H and O–H groups in total. The van der Waals surface area contributed by atoms with Gasteiger partial charge in [-0.2, -0.15) is 0 Å². The summed E-state index contributed by atoms with van der Waals surface area (Å²) in [7, 11) is 0. The quantitative estimate of drug-likeness (QED) is 0.670. The normalized spacial score (nSPS) is 11.9. The van der Waals surface area contributed by atoms with Gasteiger partial charge in [-0.25, -0.2) is 0 Å². The lowest BCUT2D eigenvalue weighted by Crippen LogP contribution is -2.13. The minimum Gasteiger partial charge on any atom is -0.481 e. The Morgan fingerprint density at radius 2 is 1.76 bits per heavy atom. The summed E-state index contributed by atoms with van der Waals surface area (Å²) in [5.41, 5.74) is 7.36. The first-order valence-corrected chi connectivity index (χ1v) is 6.71. The van der Waals surface area contributed by atoms with Crippen LogP contribution in [0.15, 0.2) is 42.5 Å².